The van der Waals surface area contributed by atoms with Gasteiger partial charge in [-0.05, 0) is 20.3 Å². The Morgan fingerprint density at radius 1 is 1.08 bits per heavy atom. The van der Waals surface area contributed by atoms with Gasteiger partial charge in [0.2, 0.25) is 0 Å². The van der Waals surface area contributed by atoms with Gasteiger partial charge in [0.1, 0.15) is 0 Å². The summed E-state index contributed by atoms with van der Waals surface area (Å²) in [4.78, 5) is 0. The molecule has 0 aromatic carbocycles. The van der Waals surface area contributed by atoms with Gasteiger partial charge < -0.3 is 0 Å². The van der Waals surface area contributed by atoms with E-state index in [4.69, 9.17) is 0 Å². The SMILES string of the molecule is CCCS(=O)(=O)S(=O)(=O)C(C)C. The van der Waals surface area contributed by atoms with Crippen LogP contribution < -0.4 is 0 Å². The van der Waals surface area contributed by atoms with Crippen molar-refractivity contribution in [2.75, 3.05) is 5.75 Å². The van der Waals surface area contributed by atoms with Gasteiger partial charge in [0.05, 0.1) is 11.0 Å². The summed E-state index contributed by atoms with van der Waals surface area (Å²) in [5.41, 5.74) is 0. The largest absolute Gasteiger partial charge is 0.255 e. The first kappa shape index (κ1) is 11.9. The van der Waals surface area contributed by atoms with Crippen molar-refractivity contribution in [3.8, 4) is 0 Å². The molecule has 0 aliphatic carbocycles. The Bertz CT molecular complexity index is 323. The molecule has 0 saturated carbocycles. The van der Waals surface area contributed by atoms with E-state index in [1.54, 1.807) is 6.92 Å². The average Bonchev–Trinajstić information content (AvgIpc) is 1.86. The topological polar surface area (TPSA) is 68.3 Å². The van der Waals surface area contributed by atoms with E-state index in [9.17, 15) is 16.8 Å². The minimum Gasteiger partial charge on any atom is -0.213 e. The highest BCUT2D eigenvalue weighted by molar-refractivity contribution is 8.67. The maximum absolute atomic E-state index is 11.2. The molecule has 74 valence electrons. The standard InChI is InChI=1S/C6H14O4S2/c1-4-5-11(7,8)12(9,10)6(2)3/h6H,4-5H2,1-3H3. The Morgan fingerprint density at radius 3 is 1.75 bits per heavy atom. The van der Waals surface area contributed by atoms with Gasteiger partial charge in [-0.1, -0.05) is 6.92 Å². The van der Waals surface area contributed by atoms with Gasteiger partial charge in [-0.25, -0.2) is 16.8 Å². The van der Waals surface area contributed by atoms with Crippen LogP contribution in [0, 0.1) is 0 Å². The van der Waals surface area contributed by atoms with Crippen LogP contribution in [-0.4, -0.2) is 27.8 Å². The smallest absolute Gasteiger partial charge is 0.213 e. The second kappa shape index (κ2) is 3.74. The molecule has 0 N–H and O–H groups in total. The highest BCUT2D eigenvalue weighted by Gasteiger charge is 2.31. The zero-order valence-corrected chi connectivity index (χ0v) is 9.07. The number of hydrogen-bond acceptors (Lipinski definition) is 4. The molecular weight excluding hydrogens is 200 g/mol. The molecule has 0 aliphatic heterocycles. The maximum Gasteiger partial charge on any atom is 0.255 e. The zero-order valence-electron chi connectivity index (χ0n) is 7.44. The third-order valence-corrected chi connectivity index (χ3v) is 7.93. The first-order chi connectivity index (χ1) is 5.25. The molecule has 0 heterocycles. The fourth-order valence-electron chi connectivity index (χ4n) is 0.659. The monoisotopic (exact) mass is 214 g/mol. The van der Waals surface area contributed by atoms with Crippen molar-refractivity contribution >= 4 is 17.7 Å². The van der Waals surface area contributed by atoms with Gasteiger partial charge in [-0.15, -0.1) is 0 Å². The fraction of sp³-hybridized carbons (Fsp3) is 1.00. The average molecular weight is 214 g/mol. The summed E-state index contributed by atoms with van der Waals surface area (Å²) in [5.74, 6) is -0.284. The van der Waals surface area contributed by atoms with Crippen LogP contribution in [0.4, 0.5) is 0 Å². The first-order valence-corrected chi connectivity index (χ1v) is 7.43. The molecule has 0 aromatic heterocycles. The van der Waals surface area contributed by atoms with Crippen LogP contribution in [0.5, 0.6) is 0 Å². The number of rotatable bonds is 4. The Kier molecular flexibility index (Phi) is 3.71. The van der Waals surface area contributed by atoms with Gasteiger partial charge >= 0.3 is 0 Å². The van der Waals surface area contributed by atoms with Crippen molar-refractivity contribution < 1.29 is 16.8 Å². The van der Waals surface area contributed by atoms with Crippen LogP contribution in [0.25, 0.3) is 0 Å². The second-order valence-electron chi connectivity index (χ2n) is 2.80. The first-order valence-electron chi connectivity index (χ1n) is 3.72. The highest BCUT2D eigenvalue weighted by Crippen LogP contribution is 2.11. The summed E-state index contributed by atoms with van der Waals surface area (Å²) >= 11 is 0. The predicted octanol–water partition coefficient (Wildman–Crippen LogP) is 0.549. The second-order valence-corrected chi connectivity index (χ2v) is 9.17. The van der Waals surface area contributed by atoms with E-state index in [1.807, 2.05) is 0 Å². The van der Waals surface area contributed by atoms with E-state index in [1.165, 1.54) is 13.8 Å². The lowest BCUT2D eigenvalue weighted by Gasteiger charge is -2.06. The Morgan fingerprint density at radius 2 is 1.50 bits per heavy atom. The van der Waals surface area contributed by atoms with Gasteiger partial charge in [0, 0.05) is 0 Å². The molecule has 0 radical (unpaired) electrons. The van der Waals surface area contributed by atoms with Gasteiger partial charge in [0.25, 0.3) is 17.7 Å². The molecule has 0 rings (SSSR count). The molecule has 0 aromatic rings. The van der Waals surface area contributed by atoms with E-state index >= 15 is 0 Å². The Balaban J connectivity index is 5.07. The Labute approximate surface area is 73.2 Å². The van der Waals surface area contributed by atoms with Gasteiger partial charge in [0.15, 0.2) is 0 Å². The van der Waals surface area contributed by atoms with Crippen LogP contribution in [0.1, 0.15) is 27.2 Å². The predicted molar refractivity (Wildman–Crippen MR) is 48.1 cm³/mol. The van der Waals surface area contributed by atoms with Crippen LogP contribution in [-0.2, 0) is 17.7 Å². The lowest BCUT2D eigenvalue weighted by Crippen LogP contribution is -2.26. The van der Waals surface area contributed by atoms with Crippen LogP contribution >= 0.6 is 0 Å². The van der Waals surface area contributed by atoms with Crippen molar-refractivity contribution in [1.82, 2.24) is 0 Å². The Hall–Kier alpha value is -0.100. The van der Waals surface area contributed by atoms with Crippen molar-refractivity contribution in [3.63, 3.8) is 0 Å². The molecule has 4 nitrogen and oxygen atoms in total. The molecule has 0 atom stereocenters. The molecule has 0 saturated heterocycles. The summed E-state index contributed by atoms with van der Waals surface area (Å²) in [7, 11) is -7.90. The third-order valence-electron chi connectivity index (χ3n) is 1.39. The van der Waals surface area contributed by atoms with Crippen molar-refractivity contribution in [3.05, 3.63) is 0 Å². The number of hydrogen-bond donors (Lipinski definition) is 0. The zero-order chi connectivity index (χ0) is 9.99. The summed E-state index contributed by atoms with van der Waals surface area (Å²) in [5, 5.41) is -0.853. The van der Waals surface area contributed by atoms with E-state index in [0.29, 0.717) is 6.42 Å². The fourth-order valence-corrected chi connectivity index (χ4v) is 4.93. The van der Waals surface area contributed by atoms with E-state index in [0.717, 1.165) is 0 Å². The van der Waals surface area contributed by atoms with Crippen LogP contribution in [0.2, 0.25) is 0 Å². The minimum absolute atomic E-state index is 0.284. The lowest BCUT2D eigenvalue weighted by atomic mass is 10.6. The van der Waals surface area contributed by atoms with E-state index in [2.05, 4.69) is 0 Å². The molecule has 0 amide bonds. The van der Waals surface area contributed by atoms with Gasteiger partial charge in [-0.2, -0.15) is 0 Å². The molecule has 0 fully saturated rings. The molecule has 12 heavy (non-hydrogen) atoms. The third kappa shape index (κ3) is 2.20. The van der Waals surface area contributed by atoms with E-state index < -0.39 is 23.0 Å². The molecule has 0 unspecified atom stereocenters. The molecule has 0 bridgehead atoms. The summed E-state index contributed by atoms with van der Waals surface area (Å²) < 4.78 is 44.5. The van der Waals surface area contributed by atoms with Crippen LogP contribution in [0.3, 0.4) is 0 Å². The molecule has 6 heteroatoms. The molecular formula is C6H14O4S2. The van der Waals surface area contributed by atoms with Gasteiger partial charge in [-0.3, -0.25) is 0 Å². The van der Waals surface area contributed by atoms with Crippen LogP contribution in [0.15, 0.2) is 0 Å². The lowest BCUT2D eigenvalue weighted by molar-refractivity contribution is 0.577. The summed E-state index contributed by atoms with van der Waals surface area (Å²) in [6.45, 7) is 4.36. The minimum atomic E-state index is -3.97. The highest BCUT2D eigenvalue weighted by atomic mass is 33.2. The molecule has 0 spiro atoms. The summed E-state index contributed by atoms with van der Waals surface area (Å²) in [6.07, 6.45) is 0.328. The molecule has 0 aliphatic rings. The summed E-state index contributed by atoms with van der Waals surface area (Å²) in [6, 6.07) is 0. The van der Waals surface area contributed by atoms with Crippen molar-refractivity contribution in [1.29, 1.82) is 0 Å². The van der Waals surface area contributed by atoms with Crippen molar-refractivity contribution in [2.45, 2.75) is 32.4 Å². The quantitative estimate of drug-likeness (QED) is 0.641. The van der Waals surface area contributed by atoms with E-state index in [-0.39, 0.29) is 5.75 Å². The normalized spacial score (nSPS) is 13.7. The maximum atomic E-state index is 11.2. The van der Waals surface area contributed by atoms with Crippen molar-refractivity contribution in [2.24, 2.45) is 0 Å².